The number of rotatable bonds is 9. The van der Waals surface area contributed by atoms with Gasteiger partial charge in [0.15, 0.2) is 5.96 Å². The third kappa shape index (κ3) is 7.92. The third-order valence-electron chi connectivity index (χ3n) is 4.72. The minimum Gasteiger partial charge on any atom is -0.385 e. The first kappa shape index (κ1) is 24.6. The fourth-order valence-electron chi connectivity index (χ4n) is 3.22. The van der Waals surface area contributed by atoms with Crippen LogP contribution in [0.25, 0.3) is 0 Å². The van der Waals surface area contributed by atoms with Crippen LogP contribution in [0.15, 0.2) is 29.3 Å². The van der Waals surface area contributed by atoms with Crippen molar-refractivity contribution in [2.75, 3.05) is 65.4 Å². The maximum Gasteiger partial charge on any atom is 0.246 e. The molecule has 7 nitrogen and oxygen atoms in total. The van der Waals surface area contributed by atoms with E-state index in [0.29, 0.717) is 5.96 Å². The molecule has 1 aromatic rings. The van der Waals surface area contributed by atoms with Crippen LogP contribution in [0.2, 0.25) is 0 Å². The average molecular weight is 503 g/mol. The molecule has 0 spiro atoms. The summed E-state index contributed by atoms with van der Waals surface area (Å²) in [6, 6.07) is 8.15. The summed E-state index contributed by atoms with van der Waals surface area (Å²) in [5, 5.41) is 6.40. The van der Waals surface area contributed by atoms with Crippen molar-refractivity contribution in [3.63, 3.8) is 0 Å². The standard InChI is InChI=1S/C20H33N5O2.HI/c1-21-20(22-11-14-24(2)12-7-15-27-3)23-16-19(26)25-13-6-9-17-8-4-5-10-18(17)25;/h4-5,8,10H,6-7,9,11-16H2,1-3H3,(H2,21,22,23);1H. The molecule has 158 valence electrons. The van der Waals surface area contributed by atoms with Gasteiger partial charge in [0.2, 0.25) is 5.91 Å². The van der Waals surface area contributed by atoms with Gasteiger partial charge in [-0.05, 0) is 37.9 Å². The number of anilines is 1. The number of fused-ring (bicyclic) bond motifs is 1. The summed E-state index contributed by atoms with van der Waals surface area (Å²) >= 11 is 0. The summed E-state index contributed by atoms with van der Waals surface area (Å²) in [6.07, 6.45) is 3.06. The van der Waals surface area contributed by atoms with E-state index in [4.69, 9.17) is 4.74 Å². The fraction of sp³-hybridized carbons (Fsp3) is 0.600. The molecule has 8 heteroatoms. The molecule has 0 aromatic heterocycles. The smallest absolute Gasteiger partial charge is 0.246 e. The van der Waals surface area contributed by atoms with Crippen molar-refractivity contribution in [2.45, 2.75) is 19.3 Å². The quantitative estimate of drug-likeness (QED) is 0.233. The maximum atomic E-state index is 12.7. The van der Waals surface area contributed by atoms with Gasteiger partial charge < -0.3 is 25.2 Å². The Kier molecular flexibility index (Phi) is 12.1. The van der Waals surface area contributed by atoms with Gasteiger partial charge in [0, 0.05) is 52.6 Å². The van der Waals surface area contributed by atoms with Gasteiger partial charge in [0.1, 0.15) is 0 Å². The lowest BCUT2D eigenvalue weighted by atomic mass is 10.0. The number of carbonyl (C=O) groups excluding carboxylic acids is 1. The molecule has 0 unspecified atom stereocenters. The van der Waals surface area contributed by atoms with E-state index < -0.39 is 0 Å². The first-order valence-electron chi connectivity index (χ1n) is 9.66. The van der Waals surface area contributed by atoms with Gasteiger partial charge in [0.25, 0.3) is 0 Å². The Hall–Kier alpha value is -1.39. The molecular formula is C20H34IN5O2. The normalized spacial score (nSPS) is 13.7. The summed E-state index contributed by atoms with van der Waals surface area (Å²) in [6.45, 7) is 4.45. The van der Waals surface area contributed by atoms with Crippen LogP contribution in [0.5, 0.6) is 0 Å². The number of aliphatic imine (C=N–C) groups is 1. The largest absolute Gasteiger partial charge is 0.385 e. The molecule has 1 amide bonds. The number of hydrogen-bond acceptors (Lipinski definition) is 4. The molecular weight excluding hydrogens is 469 g/mol. The van der Waals surface area contributed by atoms with Gasteiger partial charge in [-0.2, -0.15) is 0 Å². The molecule has 0 atom stereocenters. The fourth-order valence-corrected chi connectivity index (χ4v) is 3.22. The number of ether oxygens (including phenoxy) is 1. The third-order valence-corrected chi connectivity index (χ3v) is 4.72. The Labute approximate surface area is 185 Å². The molecule has 0 saturated heterocycles. The molecule has 2 rings (SSSR count). The number of hydrogen-bond donors (Lipinski definition) is 2. The van der Waals surface area contributed by atoms with Crippen LogP contribution in [0.4, 0.5) is 5.69 Å². The number of para-hydroxylation sites is 1. The number of guanidine groups is 1. The number of amides is 1. The Balaban J connectivity index is 0.00000392. The second-order valence-corrected chi connectivity index (χ2v) is 6.78. The van der Waals surface area contributed by atoms with E-state index in [-0.39, 0.29) is 36.4 Å². The first-order chi connectivity index (χ1) is 13.2. The van der Waals surface area contributed by atoms with Crippen molar-refractivity contribution in [2.24, 2.45) is 4.99 Å². The Bertz CT molecular complexity index is 626. The summed E-state index contributed by atoms with van der Waals surface area (Å²) in [7, 11) is 5.53. The molecule has 0 fully saturated rings. The topological polar surface area (TPSA) is 69.2 Å². The lowest BCUT2D eigenvalue weighted by molar-refractivity contribution is -0.117. The highest BCUT2D eigenvalue weighted by Crippen LogP contribution is 2.26. The van der Waals surface area contributed by atoms with Crippen molar-refractivity contribution in [3.05, 3.63) is 29.8 Å². The second-order valence-electron chi connectivity index (χ2n) is 6.78. The van der Waals surface area contributed by atoms with Gasteiger partial charge in [-0.25, -0.2) is 0 Å². The summed E-state index contributed by atoms with van der Waals surface area (Å²) in [5.41, 5.74) is 2.28. The van der Waals surface area contributed by atoms with Gasteiger partial charge in [0.05, 0.1) is 6.54 Å². The van der Waals surface area contributed by atoms with Gasteiger partial charge in [-0.15, -0.1) is 24.0 Å². The number of nitrogens with one attached hydrogen (secondary N) is 2. The van der Waals surface area contributed by atoms with E-state index in [1.165, 1.54) is 5.56 Å². The molecule has 28 heavy (non-hydrogen) atoms. The number of nitrogens with zero attached hydrogens (tertiary/aromatic N) is 3. The molecule has 0 saturated carbocycles. The summed E-state index contributed by atoms with van der Waals surface area (Å²) in [5.74, 6) is 0.723. The van der Waals surface area contributed by atoms with E-state index in [1.54, 1.807) is 14.2 Å². The minimum atomic E-state index is 0. The zero-order valence-corrected chi connectivity index (χ0v) is 19.6. The monoisotopic (exact) mass is 503 g/mol. The molecule has 1 heterocycles. The van der Waals surface area contributed by atoms with E-state index in [1.807, 2.05) is 23.1 Å². The highest BCUT2D eigenvalue weighted by Gasteiger charge is 2.21. The van der Waals surface area contributed by atoms with Crippen LogP contribution in [0.1, 0.15) is 18.4 Å². The lowest BCUT2D eigenvalue weighted by Crippen LogP contribution is -2.47. The maximum absolute atomic E-state index is 12.7. The molecule has 0 radical (unpaired) electrons. The van der Waals surface area contributed by atoms with E-state index in [2.05, 4.69) is 33.6 Å². The van der Waals surface area contributed by atoms with Crippen LogP contribution in [0, 0.1) is 0 Å². The number of halogens is 1. The van der Waals surface area contributed by atoms with Crippen LogP contribution < -0.4 is 15.5 Å². The number of likely N-dealkylation sites (N-methyl/N-ethyl adjacent to an activating group) is 1. The van der Waals surface area contributed by atoms with E-state index in [0.717, 1.165) is 57.7 Å². The van der Waals surface area contributed by atoms with Gasteiger partial charge in [-0.1, -0.05) is 18.2 Å². The predicted molar refractivity (Wildman–Crippen MR) is 126 cm³/mol. The van der Waals surface area contributed by atoms with Crippen LogP contribution in [-0.4, -0.2) is 77.3 Å². The molecule has 0 bridgehead atoms. The Morgan fingerprint density at radius 2 is 2.07 bits per heavy atom. The predicted octanol–water partition coefficient (Wildman–Crippen LogP) is 1.72. The van der Waals surface area contributed by atoms with Crippen molar-refractivity contribution in [1.29, 1.82) is 0 Å². The van der Waals surface area contributed by atoms with Crippen molar-refractivity contribution < 1.29 is 9.53 Å². The number of carbonyl (C=O) groups is 1. The first-order valence-corrected chi connectivity index (χ1v) is 9.66. The van der Waals surface area contributed by atoms with Crippen molar-refractivity contribution in [3.8, 4) is 0 Å². The molecule has 1 aliphatic heterocycles. The Morgan fingerprint density at radius 3 is 2.82 bits per heavy atom. The van der Waals surface area contributed by atoms with Crippen LogP contribution >= 0.6 is 24.0 Å². The number of benzene rings is 1. The minimum absolute atomic E-state index is 0. The van der Waals surface area contributed by atoms with Gasteiger partial charge in [-0.3, -0.25) is 9.79 Å². The lowest BCUT2D eigenvalue weighted by Gasteiger charge is -2.29. The molecule has 1 aliphatic rings. The summed E-state index contributed by atoms with van der Waals surface area (Å²) < 4.78 is 5.07. The molecule has 1 aromatic carbocycles. The van der Waals surface area contributed by atoms with Crippen molar-refractivity contribution >= 4 is 41.5 Å². The van der Waals surface area contributed by atoms with E-state index in [9.17, 15) is 4.79 Å². The number of methoxy groups -OCH3 is 1. The molecule has 2 N–H and O–H groups in total. The summed E-state index contributed by atoms with van der Waals surface area (Å²) in [4.78, 5) is 21.0. The zero-order valence-electron chi connectivity index (χ0n) is 17.2. The van der Waals surface area contributed by atoms with Crippen LogP contribution in [0.3, 0.4) is 0 Å². The Morgan fingerprint density at radius 1 is 1.29 bits per heavy atom. The number of aryl methyl sites for hydroxylation is 1. The highest BCUT2D eigenvalue weighted by molar-refractivity contribution is 14.0. The van der Waals surface area contributed by atoms with Crippen LogP contribution in [-0.2, 0) is 16.0 Å². The average Bonchev–Trinajstić information content (AvgIpc) is 2.70. The highest BCUT2D eigenvalue weighted by atomic mass is 127. The van der Waals surface area contributed by atoms with Gasteiger partial charge >= 0.3 is 0 Å². The second kappa shape index (κ2) is 13.7. The zero-order chi connectivity index (χ0) is 19.5. The molecule has 0 aliphatic carbocycles. The van der Waals surface area contributed by atoms with E-state index >= 15 is 0 Å². The SMILES string of the molecule is CN=C(NCCN(C)CCCOC)NCC(=O)N1CCCc2ccccc21.I. The van der Waals surface area contributed by atoms with Crippen molar-refractivity contribution in [1.82, 2.24) is 15.5 Å².